The van der Waals surface area contributed by atoms with Gasteiger partial charge in [0.2, 0.25) is 0 Å². The molecule has 2 heterocycles. The molecule has 0 N–H and O–H groups in total. The van der Waals surface area contributed by atoms with E-state index in [9.17, 15) is 4.79 Å². The molecular formula is C15H14ClNO2S. The standard InChI is InChI=1S/C15H14ClNO2S/c16-13-4-2-1-3-11(13)9-15(18)19-17-7-5-14-12(10-17)6-8-20-14/h1-4,6,8H,5,7,9-10H2. The van der Waals surface area contributed by atoms with Crippen LogP contribution < -0.4 is 0 Å². The van der Waals surface area contributed by atoms with Crippen LogP contribution in [0.1, 0.15) is 16.0 Å². The molecule has 0 atom stereocenters. The Morgan fingerprint density at radius 3 is 3.05 bits per heavy atom. The smallest absolute Gasteiger partial charge is 0.329 e. The number of hydrogen-bond acceptors (Lipinski definition) is 4. The van der Waals surface area contributed by atoms with E-state index in [0.29, 0.717) is 11.6 Å². The third-order valence-electron chi connectivity index (χ3n) is 3.30. The van der Waals surface area contributed by atoms with Gasteiger partial charge in [0.1, 0.15) is 0 Å². The molecule has 0 fully saturated rings. The van der Waals surface area contributed by atoms with Crippen molar-refractivity contribution in [2.75, 3.05) is 6.54 Å². The van der Waals surface area contributed by atoms with Crippen LogP contribution in [0.25, 0.3) is 0 Å². The van der Waals surface area contributed by atoms with Crippen molar-refractivity contribution in [1.82, 2.24) is 5.06 Å². The number of fused-ring (bicyclic) bond motifs is 1. The summed E-state index contributed by atoms with van der Waals surface area (Å²) in [5, 5.41) is 4.41. The molecule has 0 radical (unpaired) electrons. The molecule has 1 aromatic heterocycles. The third-order valence-corrected chi connectivity index (χ3v) is 4.69. The summed E-state index contributed by atoms with van der Waals surface area (Å²) in [6.07, 6.45) is 1.14. The van der Waals surface area contributed by atoms with Crippen LogP contribution in [0.2, 0.25) is 5.02 Å². The molecule has 0 bridgehead atoms. The zero-order valence-corrected chi connectivity index (χ0v) is 12.4. The van der Waals surface area contributed by atoms with Crippen molar-refractivity contribution < 1.29 is 9.63 Å². The van der Waals surface area contributed by atoms with Crippen molar-refractivity contribution in [2.24, 2.45) is 0 Å². The summed E-state index contributed by atoms with van der Waals surface area (Å²) in [5.41, 5.74) is 2.05. The number of carbonyl (C=O) groups excluding carboxylic acids is 1. The van der Waals surface area contributed by atoms with E-state index in [1.807, 2.05) is 18.2 Å². The van der Waals surface area contributed by atoms with Crippen molar-refractivity contribution in [3.8, 4) is 0 Å². The van der Waals surface area contributed by atoms with Gasteiger partial charge >= 0.3 is 5.97 Å². The lowest BCUT2D eigenvalue weighted by Crippen LogP contribution is -2.32. The summed E-state index contributed by atoms with van der Waals surface area (Å²) in [4.78, 5) is 18.8. The lowest BCUT2D eigenvalue weighted by atomic mass is 10.1. The third kappa shape index (κ3) is 3.03. The lowest BCUT2D eigenvalue weighted by molar-refractivity contribution is -0.194. The van der Waals surface area contributed by atoms with Gasteiger partial charge < -0.3 is 4.84 Å². The second-order valence-electron chi connectivity index (χ2n) is 4.71. The summed E-state index contributed by atoms with van der Waals surface area (Å²) in [5.74, 6) is -0.267. The Morgan fingerprint density at radius 2 is 2.20 bits per heavy atom. The number of halogens is 1. The molecule has 2 aromatic rings. The van der Waals surface area contributed by atoms with Crippen molar-refractivity contribution in [1.29, 1.82) is 0 Å². The molecule has 3 rings (SSSR count). The summed E-state index contributed by atoms with van der Waals surface area (Å²) in [6.45, 7) is 1.43. The van der Waals surface area contributed by atoms with Crippen molar-refractivity contribution in [3.63, 3.8) is 0 Å². The molecule has 1 aromatic carbocycles. The second kappa shape index (κ2) is 5.95. The van der Waals surface area contributed by atoms with Gasteiger partial charge in [0.25, 0.3) is 0 Å². The van der Waals surface area contributed by atoms with E-state index in [4.69, 9.17) is 16.4 Å². The van der Waals surface area contributed by atoms with Crippen molar-refractivity contribution in [3.05, 3.63) is 56.7 Å². The Labute approximate surface area is 126 Å². The van der Waals surface area contributed by atoms with Gasteiger partial charge in [-0.25, -0.2) is 4.79 Å². The van der Waals surface area contributed by atoms with Crippen LogP contribution in [-0.2, 0) is 29.0 Å². The summed E-state index contributed by atoms with van der Waals surface area (Å²) in [6, 6.07) is 9.43. The van der Waals surface area contributed by atoms with E-state index >= 15 is 0 Å². The van der Waals surface area contributed by atoms with Crippen LogP contribution >= 0.6 is 22.9 Å². The maximum absolute atomic E-state index is 12.0. The fourth-order valence-electron chi connectivity index (χ4n) is 2.27. The SMILES string of the molecule is O=C(Cc1ccccc1Cl)ON1CCc2sccc2C1. The Morgan fingerprint density at radius 1 is 1.35 bits per heavy atom. The van der Waals surface area contributed by atoms with Gasteiger partial charge in [-0.1, -0.05) is 29.8 Å². The first-order valence-corrected chi connectivity index (χ1v) is 7.72. The molecule has 0 saturated heterocycles. The van der Waals surface area contributed by atoms with Crippen molar-refractivity contribution >= 4 is 28.9 Å². The Balaban J connectivity index is 1.59. The Kier molecular flexibility index (Phi) is 4.05. The van der Waals surface area contributed by atoms with Gasteiger partial charge in [0.05, 0.1) is 13.0 Å². The first kappa shape index (κ1) is 13.6. The van der Waals surface area contributed by atoms with Crippen molar-refractivity contribution in [2.45, 2.75) is 19.4 Å². The fraction of sp³-hybridized carbons (Fsp3) is 0.267. The Hall–Kier alpha value is -1.36. The van der Waals surface area contributed by atoms with Gasteiger partial charge in [-0.2, -0.15) is 0 Å². The number of benzene rings is 1. The highest BCUT2D eigenvalue weighted by molar-refractivity contribution is 7.10. The predicted octanol–water partition coefficient (Wildman–Crippen LogP) is 3.46. The maximum Gasteiger partial charge on any atom is 0.329 e. The highest BCUT2D eigenvalue weighted by Crippen LogP contribution is 2.24. The molecule has 20 heavy (non-hydrogen) atoms. The number of rotatable bonds is 3. The quantitative estimate of drug-likeness (QED) is 0.869. The second-order valence-corrected chi connectivity index (χ2v) is 6.12. The monoisotopic (exact) mass is 307 g/mol. The maximum atomic E-state index is 12.0. The van der Waals surface area contributed by atoms with Crippen LogP contribution in [0, 0.1) is 0 Å². The van der Waals surface area contributed by atoms with Gasteiger partial charge in [0.15, 0.2) is 0 Å². The van der Waals surface area contributed by atoms with Crippen LogP contribution in [0.4, 0.5) is 0 Å². The van der Waals surface area contributed by atoms with Crippen LogP contribution in [0.5, 0.6) is 0 Å². The normalized spacial score (nSPS) is 14.8. The number of hydroxylamine groups is 2. The highest BCUT2D eigenvalue weighted by Gasteiger charge is 2.20. The summed E-state index contributed by atoms with van der Waals surface area (Å²) in [7, 11) is 0. The van der Waals surface area contributed by atoms with E-state index in [2.05, 4.69) is 11.4 Å². The molecule has 1 aliphatic rings. The molecule has 0 amide bonds. The summed E-state index contributed by atoms with van der Waals surface area (Å²) >= 11 is 7.81. The number of nitrogens with zero attached hydrogens (tertiary/aromatic N) is 1. The average Bonchev–Trinajstić information content (AvgIpc) is 2.89. The molecule has 0 aliphatic carbocycles. The molecule has 5 heteroatoms. The fourth-order valence-corrected chi connectivity index (χ4v) is 3.37. The molecule has 0 saturated carbocycles. The largest absolute Gasteiger partial charge is 0.367 e. The van der Waals surface area contributed by atoms with Gasteiger partial charge in [0, 0.05) is 16.4 Å². The lowest BCUT2D eigenvalue weighted by Gasteiger charge is -2.25. The first-order chi connectivity index (χ1) is 9.72. The van der Waals surface area contributed by atoms with E-state index in [1.165, 1.54) is 10.4 Å². The minimum atomic E-state index is -0.267. The van der Waals surface area contributed by atoms with E-state index < -0.39 is 0 Å². The van der Waals surface area contributed by atoms with Gasteiger partial charge in [-0.15, -0.1) is 16.4 Å². The zero-order chi connectivity index (χ0) is 13.9. The van der Waals surface area contributed by atoms with E-state index in [-0.39, 0.29) is 12.4 Å². The zero-order valence-electron chi connectivity index (χ0n) is 10.8. The molecule has 104 valence electrons. The van der Waals surface area contributed by atoms with Crippen LogP contribution in [0.15, 0.2) is 35.7 Å². The van der Waals surface area contributed by atoms with E-state index in [1.54, 1.807) is 22.5 Å². The number of carbonyl (C=O) groups is 1. The Bertz CT molecular complexity index is 626. The molecule has 1 aliphatic heterocycles. The first-order valence-electron chi connectivity index (χ1n) is 6.47. The molecular weight excluding hydrogens is 294 g/mol. The number of thiophene rings is 1. The van der Waals surface area contributed by atoms with Crippen LogP contribution in [0.3, 0.4) is 0 Å². The molecule has 0 spiro atoms. The van der Waals surface area contributed by atoms with Crippen LogP contribution in [-0.4, -0.2) is 17.6 Å². The van der Waals surface area contributed by atoms with Gasteiger partial charge in [-0.05, 0) is 35.1 Å². The number of hydrogen-bond donors (Lipinski definition) is 0. The highest BCUT2D eigenvalue weighted by atomic mass is 35.5. The minimum Gasteiger partial charge on any atom is -0.367 e. The summed E-state index contributed by atoms with van der Waals surface area (Å²) < 4.78 is 0. The molecule has 3 nitrogen and oxygen atoms in total. The minimum absolute atomic E-state index is 0.201. The van der Waals surface area contributed by atoms with Gasteiger partial charge in [-0.3, -0.25) is 0 Å². The predicted molar refractivity (Wildman–Crippen MR) is 79.7 cm³/mol. The topological polar surface area (TPSA) is 29.5 Å². The molecule has 0 unspecified atom stereocenters. The average molecular weight is 308 g/mol. The van der Waals surface area contributed by atoms with E-state index in [0.717, 1.165) is 18.5 Å².